The Morgan fingerprint density at radius 2 is 2.25 bits per heavy atom. The lowest BCUT2D eigenvalue weighted by molar-refractivity contribution is 0.423. The van der Waals surface area contributed by atoms with Crippen molar-refractivity contribution in [1.82, 2.24) is 10.3 Å². The van der Waals surface area contributed by atoms with Crippen LogP contribution in [0, 0.1) is 5.82 Å². The SMILES string of the molecule is CC1CN(c2ncc(F)cc2CNC(C)(C)C)CCS1. The Hall–Kier alpha value is -0.810. The van der Waals surface area contributed by atoms with Crippen LogP contribution in [0.4, 0.5) is 10.2 Å². The highest BCUT2D eigenvalue weighted by Gasteiger charge is 2.21. The van der Waals surface area contributed by atoms with Gasteiger partial charge in [0.25, 0.3) is 0 Å². The fourth-order valence-corrected chi connectivity index (χ4v) is 3.27. The summed E-state index contributed by atoms with van der Waals surface area (Å²) in [7, 11) is 0. The Labute approximate surface area is 125 Å². The summed E-state index contributed by atoms with van der Waals surface area (Å²) in [6.45, 7) is 11.2. The first-order valence-corrected chi connectivity index (χ1v) is 8.16. The molecule has 0 aliphatic carbocycles. The first-order valence-electron chi connectivity index (χ1n) is 7.11. The van der Waals surface area contributed by atoms with Crippen molar-refractivity contribution in [2.24, 2.45) is 0 Å². The summed E-state index contributed by atoms with van der Waals surface area (Å²) in [5.41, 5.74) is 0.952. The van der Waals surface area contributed by atoms with Crippen LogP contribution in [0.2, 0.25) is 0 Å². The minimum atomic E-state index is -0.265. The maximum absolute atomic E-state index is 13.5. The van der Waals surface area contributed by atoms with Crippen LogP contribution in [0.3, 0.4) is 0 Å². The number of rotatable bonds is 3. The molecule has 1 aromatic heterocycles. The van der Waals surface area contributed by atoms with Gasteiger partial charge in [-0.05, 0) is 26.8 Å². The molecule has 0 aromatic carbocycles. The highest BCUT2D eigenvalue weighted by molar-refractivity contribution is 8.00. The zero-order valence-corrected chi connectivity index (χ0v) is 13.6. The molecule has 5 heteroatoms. The van der Waals surface area contributed by atoms with Crippen molar-refractivity contribution in [3.05, 3.63) is 23.6 Å². The first kappa shape index (κ1) is 15.6. The van der Waals surface area contributed by atoms with Crippen molar-refractivity contribution in [2.75, 3.05) is 23.7 Å². The minimum Gasteiger partial charge on any atom is -0.354 e. The average Bonchev–Trinajstić information content (AvgIpc) is 2.35. The Kier molecular flexibility index (Phi) is 4.91. The fraction of sp³-hybridized carbons (Fsp3) is 0.667. The van der Waals surface area contributed by atoms with E-state index in [1.54, 1.807) is 6.07 Å². The molecule has 0 radical (unpaired) electrons. The van der Waals surface area contributed by atoms with Gasteiger partial charge >= 0.3 is 0 Å². The average molecular weight is 297 g/mol. The van der Waals surface area contributed by atoms with Crippen LogP contribution in [0.1, 0.15) is 33.3 Å². The summed E-state index contributed by atoms with van der Waals surface area (Å²) in [4.78, 5) is 6.62. The van der Waals surface area contributed by atoms with Crippen LogP contribution in [0.5, 0.6) is 0 Å². The van der Waals surface area contributed by atoms with Gasteiger partial charge in [-0.15, -0.1) is 0 Å². The van der Waals surface area contributed by atoms with Crippen LogP contribution in [-0.4, -0.2) is 34.6 Å². The van der Waals surface area contributed by atoms with Crippen LogP contribution in [-0.2, 0) is 6.54 Å². The van der Waals surface area contributed by atoms with Crippen LogP contribution in [0.25, 0.3) is 0 Å². The summed E-state index contributed by atoms with van der Waals surface area (Å²) >= 11 is 1.98. The quantitative estimate of drug-likeness (QED) is 0.928. The number of nitrogens with zero attached hydrogens (tertiary/aromatic N) is 2. The smallest absolute Gasteiger partial charge is 0.141 e. The molecule has 0 bridgehead atoms. The lowest BCUT2D eigenvalue weighted by Crippen LogP contribution is -2.39. The molecule has 0 spiro atoms. The number of anilines is 1. The predicted octanol–water partition coefficient (Wildman–Crippen LogP) is 3.05. The number of halogens is 1. The van der Waals surface area contributed by atoms with Gasteiger partial charge in [0, 0.05) is 41.7 Å². The molecule has 112 valence electrons. The Bertz CT molecular complexity index is 459. The van der Waals surface area contributed by atoms with Gasteiger partial charge in [0.15, 0.2) is 0 Å². The molecule has 1 unspecified atom stereocenters. The highest BCUT2D eigenvalue weighted by atomic mass is 32.2. The summed E-state index contributed by atoms with van der Waals surface area (Å²) in [6, 6.07) is 1.60. The Morgan fingerprint density at radius 3 is 2.90 bits per heavy atom. The molecule has 1 aliphatic rings. The van der Waals surface area contributed by atoms with Gasteiger partial charge in [-0.1, -0.05) is 6.92 Å². The maximum Gasteiger partial charge on any atom is 0.141 e. The normalized spacial score (nSPS) is 20.2. The Balaban J connectivity index is 2.18. The lowest BCUT2D eigenvalue weighted by Gasteiger charge is -2.33. The molecule has 0 amide bonds. The van der Waals surface area contributed by atoms with E-state index in [0.717, 1.165) is 30.2 Å². The first-order chi connectivity index (χ1) is 9.35. The molecule has 3 nitrogen and oxygen atoms in total. The van der Waals surface area contributed by atoms with Gasteiger partial charge in [-0.2, -0.15) is 11.8 Å². The van der Waals surface area contributed by atoms with E-state index >= 15 is 0 Å². The number of aromatic nitrogens is 1. The molecule has 0 saturated carbocycles. The topological polar surface area (TPSA) is 28.2 Å². The van der Waals surface area contributed by atoms with Gasteiger partial charge in [0.05, 0.1) is 6.20 Å². The van der Waals surface area contributed by atoms with Crippen molar-refractivity contribution >= 4 is 17.6 Å². The molecule has 1 aromatic rings. The molecule has 1 aliphatic heterocycles. The van der Waals surface area contributed by atoms with E-state index in [1.165, 1.54) is 6.20 Å². The maximum atomic E-state index is 13.5. The zero-order chi connectivity index (χ0) is 14.8. The van der Waals surface area contributed by atoms with E-state index in [1.807, 2.05) is 11.8 Å². The zero-order valence-electron chi connectivity index (χ0n) is 12.7. The van der Waals surface area contributed by atoms with E-state index in [2.05, 4.69) is 42.9 Å². The molecule has 1 atom stereocenters. The van der Waals surface area contributed by atoms with Crippen LogP contribution in [0.15, 0.2) is 12.3 Å². The van der Waals surface area contributed by atoms with E-state index in [4.69, 9.17) is 0 Å². The lowest BCUT2D eigenvalue weighted by atomic mass is 10.1. The number of pyridine rings is 1. The van der Waals surface area contributed by atoms with Crippen molar-refractivity contribution in [3.63, 3.8) is 0 Å². The summed E-state index contributed by atoms with van der Waals surface area (Å²) in [5.74, 6) is 1.76. The third-order valence-corrected chi connectivity index (χ3v) is 4.40. The minimum absolute atomic E-state index is 0.00856. The van der Waals surface area contributed by atoms with E-state index in [-0.39, 0.29) is 11.4 Å². The molecular formula is C15H24FN3S. The third-order valence-electron chi connectivity index (χ3n) is 3.26. The highest BCUT2D eigenvalue weighted by Crippen LogP contribution is 2.25. The van der Waals surface area contributed by atoms with Crippen molar-refractivity contribution in [3.8, 4) is 0 Å². The molecule has 2 heterocycles. The molecule has 20 heavy (non-hydrogen) atoms. The summed E-state index contributed by atoms with van der Waals surface area (Å²) in [6.07, 6.45) is 1.32. The van der Waals surface area contributed by atoms with Crippen molar-refractivity contribution in [2.45, 2.75) is 45.0 Å². The third kappa shape index (κ3) is 4.35. The second-order valence-electron chi connectivity index (χ2n) is 6.37. The molecule has 1 saturated heterocycles. The van der Waals surface area contributed by atoms with Gasteiger partial charge < -0.3 is 10.2 Å². The summed E-state index contributed by atoms with van der Waals surface area (Å²) < 4.78 is 13.5. The molecule has 1 fully saturated rings. The van der Waals surface area contributed by atoms with Gasteiger partial charge in [0.2, 0.25) is 0 Å². The number of thioether (sulfide) groups is 1. The molecular weight excluding hydrogens is 273 g/mol. The Morgan fingerprint density at radius 1 is 1.50 bits per heavy atom. The second kappa shape index (κ2) is 6.31. The summed E-state index contributed by atoms with van der Waals surface area (Å²) in [5, 5.41) is 4.01. The molecule has 2 rings (SSSR count). The fourth-order valence-electron chi connectivity index (χ4n) is 2.26. The monoisotopic (exact) mass is 297 g/mol. The van der Waals surface area contributed by atoms with E-state index < -0.39 is 0 Å². The molecule has 1 N–H and O–H groups in total. The number of nitrogens with one attached hydrogen (secondary N) is 1. The van der Waals surface area contributed by atoms with Gasteiger partial charge in [-0.3, -0.25) is 0 Å². The van der Waals surface area contributed by atoms with E-state index in [0.29, 0.717) is 11.8 Å². The van der Waals surface area contributed by atoms with Crippen molar-refractivity contribution < 1.29 is 4.39 Å². The second-order valence-corrected chi connectivity index (χ2v) is 7.91. The van der Waals surface area contributed by atoms with Gasteiger partial charge in [0.1, 0.15) is 11.6 Å². The van der Waals surface area contributed by atoms with Crippen LogP contribution < -0.4 is 10.2 Å². The predicted molar refractivity (Wildman–Crippen MR) is 84.9 cm³/mol. The van der Waals surface area contributed by atoms with Crippen molar-refractivity contribution in [1.29, 1.82) is 0 Å². The largest absolute Gasteiger partial charge is 0.354 e. The number of hydrogen-bond acceptors (Lipinski definition) is 4. The number of hydrogen-bond donors (Lipinski definition) is 1. The van der Waals surface area contributed by atoms with Crippen LogP contribution >= 0.6 is 11.8 Å². The van der Waals surface area contributed by atoms with Gasteiger partial charge in [-0.25, -0.2) is 9.37 Å². The van der Waals surface area contributed by atoms with E-state index in [9.17, 15) is 4.39 Å². The standard InChI is InChI=1S/C15H24FN3S/c1-11-10-19(5-6-20-11)14-12(7-13(16)9-17-14)8-18-15(2,3)4/h7,9,11,18H,5-6,8,10H2,1-4H3.